The van der Waals surface area contributed by atoms with Crippen molar-refractivity contribution in [1.29, 1.82) is 0 Å². The second-order valence-corrected chi connectivity index (χ2v) is 4.97. The minimum Gasteiger partial charge on any atom is -0.307 e. The average Bonchev–Trinajstić information content (AvgIpc) is 2.85. The largest absolute Gasteiger partial charge is 0.307 e. The molecule has 2 fully saturated rings. The van der Waals surface area contributed by atoms with E-state index in [0.717, 1.165) is 12.0 Å². The summed E-state index contributed by atoms with van der Waals surface area (Å²) in [6.45, 7) is 0. The Morgan fingerprint density at radius 3 is 2.93 bits per heavy atom. The van der Waals surface area contributed by atoms with Crippen LogP contribution in [0.1, 0.15) is 54.6 Å². The van der Waals surface area contributed by atoms with Crippen molar-refractivity contribution in [1.82, 2.24) is 15.5 Å². The molecular formula is C11H15N3. The van der Waals surface area contributed by atoms with Gasteiger partial charge >= 0.3 is 0 Å². The van der Waals surface area contributed by atoms with Gasteiger partial charge in [-0.2, -0.15) is 5.10 Å². The van der Waals surface area contributed by atoms with Gasteiger partial charge in [-0.3, -0.25) is 5.10 Å². The van der Waals surface area contributed by atoms with E-state index in [4.69, 9.17) is 0 Å². The van der Waals surface area contributed by atoms with Gasteiger partial charge in [-0.05, 0) is 25.7 Å². The van der Waals surface area contributed by atoms with E-state index < -0.39 is 0 Å². The molecule has 3 nitrogen and oxygen atoms in total. The Morgan fingerprint density at radius 1 is 1.14 bits per heavy atom. The van der Waals surface area contributed by atoms with Crippen LogP contribution in [0.4, 0.5) is 0 Å². The predicted octanol–water partition coefficient (Wildman–Crippen LogP) is 1.64. The summed E-state index contributed by atoms with van der Waals surface area (Å²) in [6.07, 6.45) is 6.54. The summed E-state index contributed by atoms with van der Waals surface area (Å²) >= 11 is 0. The summed E-state index contributed by atoms with van der Waals surface area (Å²) in [5.74, 6) is 0.786. The number of fused-ring (bicyclic) bond motifs is 4. The fourth-order valence-electron chi connectivity index (χ4n) is 3.07. The maximum absolute atomic E-state index is 4.51. The van der Waals surface area contributed by atoms with Gasteiger partial charge in [0, 0.05) is 35.7 Å². The molecule has 0 aromatic carbocycles. The molecule has 0 spiro atoms. The Hall–Kier alpha value is -0.830. The van der Waals surface area contributed by atoms with E-state index in [1.165, 1.54) is 43.5 Å². The Morgan fingerprint density at radius 2 is 2.07 bits per heavy atom. The molecule has 1 saturated heterocycles. The number of rotatable bonds is 1. The number of hydrogen-bond donors (Lipinski definition) is 2. The lowest BCUT2D eigenvalue weighted by Crippen LogP contribution is -2.31. The first-order valence-corrected chi connectivity index (χ1v) is 5.75. The molecule has 2 atom stereocenters. The Kier molecular flexibility index (Phi) is 1.28. The number of aromatic nitrogens is 2. The van der Waals surface area contributed by atoms with Crippen LogP contribution in [0.25, 0.3) is 0 Å². The number of hydrogen-bond acceptors (Lipinski definition) is 2. The maximum atomic E-state index is 4.51. The molecule has 2 aliphatic heterocycles. The summed E-state index contributed by atoms with van der Waals surface area (Å²) in [5, 5.41) is 11.5. The maximum Gasteiger partial charge on any atom is 0.0703 e. The second-order valence-electron chi connectivity index (χ2n) is 4.97. The lowest BCUT2D eigenvalue weighted by Gasteiger charge is -2.21. The number of nitrogens with one attached hydrogen (secondary N) is 2. The van der Waals surface area contributed by atoms with Gasteiger partial charge in [0.2, 0.25) is 0 Å². The molecule has 0 unspecified atom stereocenters. The van der Waals surface area contributed by atoms with Gasteiger partial charge in [-0.15, -0.1) is 0 Å². The van der Waals surface area contributed by atoms with Crippen LogP contribution < -0.4 is 5.32 Å². The summed E-state index contributed by atoms with van der Waals surface area (Å²) < 4.78 is 0. The van der Waals surface area contributed by atoms with E-state index in [9.17, 15) is 0 Å². The topological polar surface area (TPSA) is 40.7 Å². The van der Waals surface area contributed by atoms with Gasteiger partial charge in [0.25, 0.3) is 0 Å². The van der Waals surface area contributed by atoms with Crippen molar-refractivity contribution < 1.29 is 0 Å². The van der Waals surface area contributed by atoms with E-state index in [1.807, 2.05) is 0 Å². The highest BCUT2D eigenvalue weighted by Crippen LogP contribution is 2.46. The molecule has 1 aliphatic carbocycles. The van der Waals surface area contributed by atoms with Gasteiger partial charge in [0.05, 0.1) is 5.69 Å². The second kappa shape index (κ2) is 2.40. The van der Waals surface area contributed by atoms with E-state index in [2.05, 4.69) is 15.5 Å². The molecule has 2 bridgehead atoms. The first-order valence-electron chi connectivity index (χ1n) is 5.75. The van der Waals surface area contributed by atoms with Crippen molar-refractivity contribution in [2.45, 2.75) is 50.1 Å². The molecule has 1 aromatic heterocycles. The molecule has 14 heavy (non-hydrogen) atoms. The van der Waals surface area contributed by atoms with E-state index in [-0.39, 0.29) is 0 Å². The summed E-state index contributed by atoms with van der Waals surface area (Å²) in [6, 6.07) is 1.35. The van der Waals surface area contributed by atoms with Gasteiger partial charge < -0.3 is 5.32 Å². The molecular weight excluding hydrogens is 174 g/mol. The molecule has 0 radical (unpaired) electrons. The minimum atomic E-state index is 0.623. The van der Waals surface area contributed by atoms with Crippen LogP contribution in [0.15, 0.2) is 0 Å². The van der Waals surface area contributed by atoms with Gasteiger partial charge in [0.1, 0.15) is 0 Å². The molecule has 1 aromatic rings. The van der Waals surface area contributed by atoms with Crippen LogP contribution in [0, 0.1) is 0 Å². The number of H-pyrrole nitrogens is 1. The highest BCUT2D eigenvalue weighted by atomic mass is 15.2. The monoisotopic (exact) mass is 189 g/mol. The third kappa shape index (κ3) is 0.883. The van der Waals surface area contributed by atoms with Gasteiger partial charge in [-0.25, -0.2) is 0 Å². The quantitative estimate of drug-likeness (QED) is 0.705. The van der Waals surface area contributed by atoms with Crippen molar-refractivity contribution in [2.75, 3.05) is 0 Å². The van der Waals surface area contributed by atoms with Crippen molar-refractivity contribution in [3.05, 3.63) is 17.0 Å². The molecule has 3 aliphatic rings. The van der Waals surface area contributed by atoms with Crippen molar-refractivity contribution in [2.24, 2.45) is 0 Å². The van der Waals surface area contributed by atoms with E-state index in [1.54, 1.807) is 5.56 Å². The summed E-state index contributed by atoms with van der Waals surface area (Å²) in [4.78, 5) is 0. The van der Waals surface area contributed by atoms with Crippen LogP contribution in [0.3, 0.4) is 0 Å². The summed E-state index contributed by atoms with van der Waals surface area (Å²) in [5.41, 5.74) is 4.36. The third-order valence-corrected chi connectivity index (χ3v) is 3.92. The van der Waals surface area contributed by atoms with Crippen LogP contribution in [0.2, 0.25) is 0 Å². The average molecular weight is 189 g/mol. The SMILES string of the molecule is C1CC1c1n[nH]c2c1[C@H]1CC[C@H](C2)N1. The zero-order valence-electron chi connectivity index (χ0n) is 8.21. The lowest BCUT2D eigenvalue weighted by atomic mass is 9.98. The Bertz CT molecular complexity index is 378. The highest BCUT2D eigenvalue weighted by Gasteiger charge is 2.39. The van der Waals surface area contributed by atoms with Crippen LogP contribution >= 0.6 is 0 Å². The molecule has 3 heteroatoms. The Labute approximate surface area is 83.3 Å². The molecule has 3 heterocycles. The van der Waals surface area contributed by atoms with Crippen LogP contribution in [-0.2, 0) is 6.42 Å². The summed E-state index contributed by atoms with van der Waals surface area (Å²) in [7, 11) is 0. The molecule has 2 N–H and O–H groups in total. The predicted molar refractivity (Wildman–Crippen MR) is 53.2 cm³/mol. The van der Waals surface area contributed by atoms with E-state index in [0.29, 0.717) is 6.04 Å². The third-order valence-electron chi connectivity index (χ3n) is 3.92. The van der Waals surface area contributed by atoms with Gasteiger partial charge in [0.15, 0.2) is 0 Å². The molecule has 74 valence electrons. The minimum absolute atomic E-state index is 0.623. The fraction of sp³-hybridized carbons (Fsp3) is 0.727. The van der Waals surface area contributed by atoms with Crippen molar-refractivity contribution in [3.63, 3.8) is 0 Å². The highest BCUT2D eigenvalue weighted by molar-refractivity contribution is 5.37. The number of aromatic amines is 1. The molecule has 4 rings (SSSR count). The molecule has 1 saturated carbocycles. The van der Waals surface area contributed by atoms with Crippen molar-refractivity contribution in [3.8, 4) is 0 Å². The number of nitrogens with zero attached hydrogens (tertiary/aromatic N) is 1. The fourth-order valence-corrected chi connectivity index (χ4v) is 3.07. The van der Waals surface area contributed by atoms with Gasteiger partial charge in [-0.1, -0.05) is 0 Å². The standard InChI is InChI=1S/C11H15N3/c1-2-6(1)11-10-8-4-3-7(12-8)5-9(10)13-14-11/h6-8,12H,1-5H2,(H,13,14)/t7-,8-/m1/s1. The smallest absolute Gasteiger partial charge is 0.0703 e. The van der Waals surface area contributed by atoms with Crippen molar-refractivity contribution >= 4 is 0 Å². The first-order chi connectivity index (χ1) is 6.92. The normalized spacial score (nSPS) is 34.6. The molecule has 0 amide bonds. The Balaban J connectivity index is 1.85. The zero-order chi connectivity index (χ0) is 9.12. The lowest BCUT2D eigenvalue weighted by molar-refractivity contribution is 0.509. The first kappa shape index (κ1) is 7.46. The zero-order valence-corrected chi connectivity index (χ0v) is 8.21. The van der Waals surface area contributed by atoms with Crippen LogP contribution in [-0.4, -0.2) is 16.2 Å². The van der Waals surface area contributed by atoms with Crippen LogP contribution in [0.5, 0.6) is 0 Å². The van der Waals surface area contributed by atoms with E-state index >= 15 is 0 Å².